The summed E-state index contributed by atoms with van der Waals surface area (Å²) in [4.78, 5) is 21.7. The summed E-state index contributed by atoms with van der Waals surface area (Å²) in [6.45, 7) is 4.81. The van der Waals surface area contributed by atoms with Gasteiger partial charge in [0.05, 0.1) is 19.3 Å². The first-order chi connectivity index (χ1) is 13.6. The van der Waals surface area contributed by atoms with Crippen molar-refractivity contribution in [3.05, 3.63) is 30.1 Å². The van der Waals surface area contributed by atoms with Crippen LogP contribution in [0, 0.1) is 28.1 Å². The quantitative estimate of drug-likeness (QED) is 0.782. The summed E-state index contributed by atoms with van der Waals surface area (Å²) in [7, 11) is 2.15. The zero-order valence-corrected chi connectivity index (χ0v) is 16.8. The molecule has 0 N–H and O–H groups in total. The SMILES string of the molecule is CN1C[C@@H](COCc2cccnc2)[C@]2(CCN(C(=O)C3(C#N)CCCC3)C2)C1. The van der Waals surface area contributed by atoms with Crippen LogP contribution in [0.3, 0.4) is 0 Å². The molecule has 0 bridgehead atoms. The lowest BCUT2D eigenvalue weighted by atomic mass is 9.77. The zero-order chi connectivity index (χ0) is 19.6. The maximum absolute atomic E-state index is 13.2. The van der Waals surface area contributed by atoms with E-state index in [1.807, 2.05) is 23.2 Å². The molecular weight excluding hydrogens is 352 g/mol. The molecule has 1 aliphatic carbocycles. The van der Waals surface area contributed by atoms with Gasteiger partial charge >= 0.3 is 0 Å². The van der Waals surface area contributed by atoms with E-state index in [1.54, 1.807) is 6.20 Å². The molecule has 2 saturated heterocycles. The van der Waals surface area contributed by atoms with Crippen LogP contribution in [-0.2, 0) is 16.1 Å². The van der Waals surface area contributed by atoms with E-state index >= 15 is 0 Å². The van der Waals surface area contributed by atoms with Gasteiger partial charge in [-0.2, -0.15) is 5.26 Å². The van der Waals surface area contributed by atoms with Crippen molar-refractivity contribution in [1.29, 1.82) is 5.26 Å². The maximum atomic E-state index is 13.2. The Hall–Kier alpha value is -1.97. The van der Waals surface area contributed by atoms with Crippen molar-refractivity contribution < 1.29 is 9.53 Å². The molecular formula is C22H30N4O2. The van der Waals surface area contributed by atoms with Gasteiger partial charge in [0, 0.05) is 49.9 Å². The summed E-state index contributed by atoms with van der Waals surface area (Å²) in [6.07, 6.45) is 8.05. The smallest absolute Gasteiger partial charge is 0.243 e. The molecule has 1 aromatic heterocycles. The summed E-state index contributed by atoms with van der Waals surface area (Å²) >= 11 is 0. The third kappa shape index (κ3) is 3.54. The molecule has 2 aliphatic heterocycles. The second kappa shape index (κ2) is 7.81. The van der Waals surface area contributed by atoms with Gasteiger partial charge in [0.1, 0.15) is 5.41 Å². The van der Waals surface area contributed by atoms with Crippen LogP contribution in [0.1, 0.15) is 37.7 Å². The number of carbonyl (C=O) groups excluding carboxylic acids is 1. The van der Waals surface area contributed by atoms with E-state index in [-0.39, 0.29) is 11.3 Å². The van der Waals surface area contributed by atoms with Gasteiger partial charge in [-0.25, -0.2) is 0 Å². The molecule has 0 unspecified atom stereocenters. The fourth-order valence-corrected chi connectivity index (χ4v) is 5.52. The normalized spacial score (nSPS) is 29.4. The Morgan fingerprint density at radius 3 is 2.89 bits per heavy atom. The average molecular weight is 383 g/mol. The van der Waals surface area contributed by atoms with E-state index in [4.69, 9.17) is 4.74 Å². The van der Waals surface area contributed by atoms with E-state index in [0.29, 0.717) is 19.1 Å². The minimum atomic E-state index is -0.762. The van der Waals surface area contributed by atoms with Gasteiger partial charge in [-0.05, 0) is 37.9 Å². The summed E-state index contributed by atoms with van der Waals surface area (Å²) in [5.41, 5.74) is 0.417. The first-order valence-electron chi connectivity index (χ1n) is 10.4. The molecule has 1 amide bonds. The zero-order valence-electron chi connectivity index (χ0n) is 16.8. The monoisotopic (exact) mass is 382 g/mol. The number of rotatable bonds is 5. The maximum Gasteiger partial charge on any atom is 0.243 e. The van der Waals surface area contributed by atoms with E-state index in [9.17, 15) is 10.1 Å². The molecule has 1 saturated carbocycles. The number of nitrogens with zero attached hydrogens (tertiary/aromatic N) is 4. The Bertz CT molecular complexity index is 741. The van der Waals surface area contributed by atoms with Crippen LogP contribution in [0.15, 0.2) is 24.5 Å². The van der Waals surface area contributed by atoms with Crippen molar-refractivity contribution in [1.82, 2.24) is 14.8 Å². The number of hydrogen-bond acceptors (Lipinski definition) is 5. The largest absolute Gasteiger partial charge is 0.376 e. The number of carbonyl (C=O) groups is 1. The predicted molar refractivity (Wildman–Crippen MR) is 105 cm³/mol. The minimum absolute atomic E-state index is 0.0777. The molecule has 3 heterocycles. The molecule has 1 aromatic rings. The molecule has 150 valence electrons. The van der Waals surface area contributed by atoms with E-state index in [1.165, 1.54) is 0 Å². The second-order valence-electron chi connectivity index (χ2n) is 9.01. The van der Waals surface area contributed by atoms with Crippen molar-refractivity contribution in [2.24, 2.45) is 16.7 Å². The molecule has 0 aromatic carbocycles. The van der Waals surface area contributed by atoms with E-state index in [2.05, 4.69) is 23.0 Å². The highest BCUT2D eigenvalue weighted by molar-refractivity contribution is 5.86. The molecule has 3 aliphatic rings. The highest BCUT2D eigenvalue weighted by Gasteiger charge is 2.53. The molecule has 6 heteroatoms. The Balaban J connectivity index is 1.40. The first-order valence-corrected chi connectivity index (χ1v) is 10.4. The van der Waals surface area contributed by atoms with Gasteiger partial charge in [0.25, 0.3) is 0 Å². The molecule has 0 radical (unpaired) electrons. The number of likely N-dealkylation sites (tertiary alicyclic amines) is 2. The first kappa shape index (κ1) is 19.4. The van der Waals surface area contributed by atoms with Gasteiger partial charge in [-0.3, -0.25) is 9.78 Å². The van der Waals surface area contributed by atoms with Crippen LogP contribution in [0.5, 0.6) is 0 Å². The summed E-state index contributed by atoms with van der Waals surface area (Å²) in [6, 6.07) is 6.33. The lowest BCUT2D eigenvalue weighted by molar-refractivity contribution is -0.138. The van der Waals surface area contributed by atoms with Crippen LogP contribution < -0.4 is 0 Å². The van der Waals surface area contributed by atoms with Crippen molar-refractivity contribution >= 4 is 5.91 Å². The van der Waals surface area contributed by atoms with Crippen LogP contribution in [0.25, 0.3) is 0 Å². The third-order valence-electron chi connectivity index (χ3n) is 7.05. The minimum Gasteiger partial charge on any atom is -0.376 e. The molecule has 3 fully saturated rings. The summed E-state index contributed by atoms with van der Waals surface area (Å²) in [5.74, 6) is 0.488. The summed E-state index contributed by atoms with van der Waals surface area (Å²) in [5, 5.41) is 9.69. The number of hydrogen-bond donors (Lipinski definition) is 0. The fourth-order valence-electron chi connectivity index (χ4n) is 5.52. The van der Waals surface area contributed by atoms with Gasteiger partial charge in [0.2, 0.25) is 5.91 Å². The number of aromatic nitrogens is 1. The third-order valence-corrected chi connectivity index (χ3v) is 7.05. The van der Waals surface area contributed by atoms with E-state index in [0.717, 1.165) is 63.8 Å². The van der Waals surface area contributed by atoms with Crippen molar-refractivity contribution in [3.63, 3.8) is 0 Å². The van der Waals surface area contributed by atoms with Crippen LogP contribution >= 0.6 is 0 Å². The lowest BCUT2D eigenvalue weighted by Crippen LogP contribution is -2.43. The molecule has 1 spiro atoms. The van der Waals surface area contributed by atoms with Crippen LogP contribution in [0.2, 0.25) is 0 Å². The average Bonchev–Trinajstić information content (AvgIpc) is 3.42. The molecule has 4 rings (SSSR count). The Labute approximate surface area is 167 Å². The highest BCUT2D eigenvalue weighted by atomic mass is 16.5. The van der Waals surface area contributed by atoms with E-state index < -0.39 is 5.41 Å². The molecule has 6 nitrogen and oxygen atoms in total. The van der Waals surface area contributed by atoms with Gasteiger partial charge in [0.15, 0.2) is 0 Å². The van der Waals surface area contributed by atoms with Crippen molar-refractivity contribution in [2.45, 2.75) is 38.7 Å². The fraction of sp³-hybridized carbons (Fsp3) is 0.682. The molecule has 2 atom stereocenters. The predicted octanol–water partition coefficient (Wildman–Crippen LogP) is 2.46. The Morgan fingerprint density at radius 1 is 1.36 bits per heavy atom. The van der Waals surface area contributed by atoms with Crippen LogP contribution in [0.4, 0.5) is 0 Å². The lowest BCUT2D eigenvalue weighted by Gasteiger charge is -2.32. The Morgan fingerprint density at radius 2 is 2.18 bits per heavy atom. The molecule has 28 heavy (non-hydrogen) atoms. The number of pyridine rings is 1. The number of amides is 1. The van der Waals surface area contributed by atoms with Gasteiger partial charge < -0.3 is 14.5 Å². The van der Waals surface area contributed by atoms with Crippen molar-refractivity contribution in [2.75, 3.05) is 39.8 Å². The standard InChI is InChI=1S/C22H30N4O2/c1-25-12-19(14-28-13-18-5-4-9-24-11-18)22(16-25)8-10-26(17-22)20(27)21(15-23)6-2-3-7-21/h4-5,9,11,19H,2-3,6-8,10,12-14,16-17H2,1H3/t19-,22+/m0/s1. The highest BCUT2D eigenvalue weighted by Crippen LogP contribution is 2.46. The van der Waals surface area contributed by atoms with Gasteiger partial charge in [-0.15, -0.1) is 0 Å². The van der Waals surface area contributed by atoms with Crippen molar-refractivity contribution in [3.8, 4) is 6.07 Å². The number of nitriles is 1. The summed E-state index contributed by atoms with van der Waals surface area (Å²) < 4.78 is 6.05. The van der Waals surface area contributed by atoms with Crippen LogP contribution in [-0.4, -0.2) is 60.5 Å². The Kier molecular flexibility index (Phi) is 5.39. The van der Waals surface area contributed by atoms with Gasteiger partial charge in [-0.1, -0.05) is 18.9 Å². The second-order valence-corrected chi connectivity index (χ2v) is 9.01. The number of ether oxygens (including phenoxy) is 1. The topological polar surface area (TPSA) is 69.5 Å².